The summed E-state index contributed by atoms with van der Waals surface area (Å²) in [5, 5.41) is 10.0. The number of nitrogens with one attached hydrogen (secondary N) is 2. The zero-order chi connectivity index (χ0) is 12.3. The van der Waals surface area contributed by atoms with E-state index in [4.69, 9.17) is 0 Å². The summed E-state index contributed by atoms with van der Waals surface area (Å²) in [6, 6.07) is 0. The van der Waals surface area contributed by atoms with E-state index in [-0.39, 0.29) is 30.9 Å². The van der Waals surface area contributed by atoms with Crippen LogP contribution in [-0.4, -0.2) is 81.3 Å². The highest BCUT2D eigenvalue weighted by Gasteiger charge is 2.26. The summed E-state index contributed by atoms with van der Waals surface area (Å²) in [4.78, 5) is 16.3. The number of ketones is 1. The van der Waals surface area contributed by atoms with Crippen molar-refractivity contribution in [2.75, 3.05) is 59.4 Å². The molecule has 2 heterocycles. The lowest BCUT2D eigenvalue weighted by molar-refractivity contribution is -1.00. The van der Waals surface area contributed by atoms with Gasteiger partial charge in [-0.15, -0.1) is 0 Å². The number of hydrogen-bond acceptors (Lipinski definition) is 3. The quantitative estimate of drug-likeness (QED) is 0.483. The first-order valence-corrected chi connectivity index (χ1v) is 6.70. The van der Waals surface area contributed by atoms with Crippen molar-refractivity contribution in [3.8, 4) is 0 Å². The molecule has 0 aromatic rings. The maximum absolute atomic E-state index is 11.1. The molecule has 1 atom stereocenters. The van der Waals surface area contributed by atoms with E-state index >= 15 is 0 Å². The number of piperazine rings is 1. The van der Waals surface area contributed by atoms with Gasteiger partial charge in [0.1, 0.15) is 44.6 Å². The molecule has 0 aromatic carbocycles. The zero-order valence-corrected chi connectivity index (χ0v) is 13.0. The van der Waals surface area contributed by atoms with E-state index in [1.807, 2.05) is 0 Å². The average molecular weight is 314 g/mol. The Morgan fingerprint density at radius 1 is 1.26 bits per heavy atom. The smallest absolute Gasteiger partial charge is 0.148 e. The molecule has 0 radical (unpaired) electrons. The molecule has 0 saturated carbocycles. The summed E-state index contributed by atoms with van der Waals surface area (Å²) in [5.74, 6) is 0.313. The van der Waals surface area contributed by atoms with Crippen molar-refractivity contribution >= 4 is 5.78 Å². The zero-order valence-electron chi connectivity index (χ0n) is 11.5. The summed E-state index contributed by atoms with van der Waals surface area (Å²) >= 11 is 0. The average Bonchev–Trinajstić information content (AvgIpc) is 2.67. The molecule has 1 unspecified atom stereocenters. The van der Waals surface area contributed by atoms with Crippen LogP contribution in [0.25, 0.3) is 0 Å². The van der Waals surface area contributed by atoms with Crippen molar-refractivity contribution < 1.29 is 44.5 Å². The van der Waals surface area contributed by atoms with Crippen molar-refractivity contribution in [2.24, 2.45) is 0 Å². The molecule has 5 nitrogen and oxygen atoms in total. The highest BCUT2D eigenvalue weighted by atomic mass is 35.5. The molecule has 0 spiro atoms. The second-order valence-corrected chi connectivity index (χ2v) is 5.59. The van der Waals surface area contributed by atoms with Crippen LogP contribution in [0.2, 0.25) is 0 Å². The molecule has 3 N–H and O–H groups in total. The third kappa shape index (κ3) is 6.38. The number of β-amino-alcohol motifs (C(OH)–C–C–N with tert-alkyl or cyclic N) is 1. The van der Waals surface area contributed by atoms with Crippen molar-refractivity contribution in [3.05, 3.63) is 0 Å². The molecule has 114 valence electrons. The molecule has 2 fully saturated rings. The maximum atomic E-state index is 11.1. The fraction of sp³-hybridized carbons (Fsp3) is 0.917. The Morgan fingerprint density at radius 3 is 2.42 bits per heavy atom. The predicted octanol–water partition coefficient (Wildman–Crippen LogP) is -9.96. The normalized spacial score (nSPS) is 29.5. The third-order valence-corrected chi connectivity index (χ3v) is 3.91. The number of likely N-dealkylation sites (tertiary alicyclic amines) is 1. The maximum Gasteiger partial charge on any atom is 0.148 e. The number of Topliss-reactive ketones (excluding diaryl/α,β-unsaturated/α-hetero) is 1. The van der Waals surface area contributed by atoms with Crippen LogP contribution in [0.3, 0.4) is 0 Å². The molecule has 0 amide bonds. The van der Waals surface area contributed by atoms with E-state index in [1.165, 1.54) is 18.0 Å². The number of quaternary nitrogens is 2. The van der Waals surface area contributed by atoms with E-state index < -0.39 is 0 Å². The molecule has 7 heteroatoms. The standard InChI is InChI=1S/C12H23N3O2.2ClH/c1-13-4-6-14(7-5-13)9-12(17)10-15-3-2-11(16)8-15;;/h12,17H,2-10H2,1H3;2*1H. The summed E-state index contributed by atoms with van der Waals surface area (Å²) in [5.41, 5.74) is 0. The van der Waals surface area contributed by atoms with Gasteiger partial charge < -0.3 is 39.7 Å². The minimum Gasteiger partial charge on any atom is -1.00 e. The van der Waals surface area contributed by atoms with Crippen molar-refractivity contribution in [1.29, 1.82) is 0 Å². The van der Waals surface area contributed by atoms with Gasteiger partial charge in [-0.05, 0) is 0 Å². The van der Waals surface area contributed by atoms with Crippen LogP contribution in [-0.2, 0) is 4.79 Å². The van der Waals surface area contributed by atoms with Gasteiger partial charge in [-0.25, -0.2) is 0 Å². The van der Waals surface area contributed by atoms with E-state index in [0.29, 0.717) is 25.3 Å². The lowest BCUT2D eigenvalue weighted by atomic mass is 10.2. The number of aliphatic hydroxyl groups is 1. The summed E-state index contributed by atoms with van der Waals surface area (Å²) in [6.45, 7) is 7.57. The number of carbonyl (C=O) groups excluding carboxylic acids is 1. The summed E-state index contributed by atoms with van der Waals surface area (Å²) in [6.07, 6.45) is 0.381. The van der Waals surface area contributed by atoms with Gasteiger partial charge in [0.25, 0.3) is 0 Å². The van der Waals surface area contributed by atoms with Crippen molar-refractivity contribution in [2.45, 2.75) is 12.5 Å². The Kier molecular flexibility index (Phi) is 9.15. The topological polar surface area (TPSA) is 49.4 Å². The molecule has 2 aliphatic heterocycles. The number of carbonyl (C=O) groups is 1. The minimum absolute atomic E-state index is 0. The Labute approximate surface area is 127 Å². The Balaban J connectivity index is 0.00000162. The van der Waals surface area contributed by atoms with Crippen LogP contribution in [0.15, 0.2) is 0 Å². The molecular weight excluding hydrogens is 289 g/mol. The highest BCUT2D eigenvalue weighted by molar-refractivity contribution is 5.82. The van der Waals surface area contributed by atoms with Crippen LogP contribution in [0.1, 0.15) is 6.42 Å². The second kappa shape index (κ2) is 9.10. The predicted molar refractivity (Wildman–Crippen MR) is 64.3 cm³/mol. The lowest BCUT2D eigenvalue weighted by Gasteiger charge is -2.29. The number of hydrogen-bond donors (Lipinski definition) is 3. The van der Waals surface area contributed by atoms with Crippen LogP contribution in [0, 0.1) is 0 Å². The first kappa shape index (κ1) is 19.1. The molecule has 0 aliphatic carbocycles. The van der Waals surface area contributed by atoms with Crippen LogP contribution in [0.5, 0.6) is 0 Å². The van der Waals surface area contributed by atoms with Gasteiger partial charge in [-0.1, -0.05) is 0 Å². The highest BCUT2D eigenvalue weighted by Crippen LogP contribution is 2.03. The number of aliphatic hydroxyl groups excluding tert-OH is 1. The molecule has 2 rings (SSSR count). The van der Waals surface area contributed by atoms with E-state index in [9.17, 15) is 9.90 Å². The van der Waals surface area contributed by atoms with Crippen molar-refractivity contribution in [3.63, 3.8) is 0 Å². The van der Waals surface area contributed by atoms with E-state index in [2.05, 4.69) is 11.9 Å². The van der Waals surface area contributed by atoms with Gasteiger partial charge in [-0.3, -0.25) is 9.69 Å². The number of nitrogens with zero attached hydrogens (tertiary/aromatic N) is 1. The van der Waals surface area contributed by atoms with Crippen LogP contribution >= 0.6 is 0 Å². The number of rotatable bonds is 4. The SMILES string of the molecule is C[NH+]1CC[NH+](CC(O)CN2CCC(=O)C2)CC1.[Cl-].[Cl-]. The summed E-state index contributed by atoms with van der Waals surface area (Å²) in [7, 11) is 2.23. The van der Waals surface area contributed by atoms with Gasteiger partial charge in [0, 0.05) is 19.5 Å². The van der Waals surface area contributed by atoms with Gasteiger partial charge in [0.05, 0.1) is 13.6 Å². The molecule has 2 aliphatic rings. The molecule has 0 aromatic heterocycles. The van der Waals surface area contributed by atoms with Crippen molar-refractivity contribution in [1.82, 2.24) is 4.90 Å². The molecular formula is C12H25Cl2N3O2. The van der Waals surface area contributed by atoms with Gasteiger partial charge >= 0.3 is 0 Å². The number of likely N-dealkylation sites (N-methyl/N-ethyl adjacent to an activating group) is 1. The molecule has 2 saturated heterocycles. The Morgan fingerprint density at radius 2 is 1.89 bits per heavy atom. The van der Waals surface area contributed by atoms with Gasteiger partial charge in [0.15, 0.2) is 0 Å². The monoisotopic (exact) mass is 313 g/mol. The lowest BCUT2D eigenvalue weighted by Crippen LogP contribution is -3.27. The molecule has 0 bridgehead atoms. The first-order chi connectivity index (χ1) is 8.13. The van der Waals surface area contributed by atoms with E-state index in [0.717, 1.165) is 26.2 Å². The molecule has 19 heavy (non-hydrogen) atoms. The van der Waals surface area contributed by atoms with Crippen LogP contribution in [0.4, 0.5) is 0 Å². The van der Waals surface area contributed by atoms with Gasteiger partial charge in [0.2, 0.25) is 0 Å². The number of halogens is 2. The second-order valence-electron chi connectivity index (χ2n) is 5.59. The largest absolute Gasteiger partial charge is 1.00 e. The minimum atomic E-state index is -0.283. The fourth-order valence-electron chi connectivity index (χ4n) is 2.78. The Bertz CT molecular complexity index is 274. The fourth-order valence-corrected chi connectivity index (χ4v) is 2.78. The summed E-state index contributed by atoms with van der Waals surface area (Å²) < 4.78 is 0. The Hall–Kier alpha value is 0.0900. The van der Waals surface area contributed by atoms with Gasteiger partial charge in [-0.2, -0.15) is 0 Å². The van der Waals surface area contributed by atoms with E-state index in [1.54, 1.807) is 4.90 Å². The van der Waals surface area contributed by atoms with Crippen LogP contribution < -0.4 is 34.6 Å². The first-order valence-electron chi connectivity index (χ1n) is 6.70. The third-order valence-electron chi connectivity index (χ3n) is 3.91.